The van der Waals surface area contributed by atoms with Crippen molar-refractivity contribution in [1.29, 1.82) is 0 Å². The number of nitro benzene ring substituents is 1. The van der Waals surface area contributed by atoms with Crippen LogP contribution in [0.25, 0.3) is 0 Å². The molecule has 3 nitrogen and oxygen atoms in total. The maximum atomic E-state index is 10.5. The van der Waals surface area contributed by atoms with E-state index < -0.39 is 0 Å². The Hall–Kier alpha value is -0.900. The first-order valence-electron chi connectivity index (χ1n) is 3.58. The highest BCUT2D eigenvalue weighted by atomic mass is 79.9. The molecule has 0 aliphatic rings. The quantitative estimate of drug-likeness (QED) is 0.579. The van der Waals surface area contributed by atoms with Crippen LogP contribution in [0.15, 0.2) is 22.7 Å². The molecule has 0 N–H and O–H groups in total. The predicted molar refractivity (Wildman–Crippen MR) is 50.2 cm³/mol. The third-order valence-corrected chi connectivity index (χ3v) is 2.12. The second kappa shape index (κ2) is 3.67. The van der Waals surface area contributed by atoms with E-state index in [9.17, 15) is 10.1 Å². The minimum absolute atomic E-state index is 0.187. The Balaban J connectivity index is 3.21. The SMILES string of the molecule is CCc1ccc(Br)cc1[N+](=O)[O-]. The summed E-state index contributed by atoms with van der Waals surface area (Å²) in [5.74, 6) is 0. The van der Waals surface area contributed by atoms with Crippen molar-refractivity contribution in [3.63, 3.8) is 0 Å². The van der Waals surface area contributed by atoms with E-state index in [-0.39, 0.29) is 10.6 Å². The average molecular weight is 230 g/mol. The highest BCUT2D eigenvalue weighted by Crippen LogP contribution is 2.23. The van der Waals surface area contributed by atoms with Gasteiger partial charge in [-0.15, -0.1) is 0 Å². The Bertz CT molecular complexity index is 312. The zero-order chi connectivity index (χ0) is 9.14. The molecule has 0 saturated carbocycles. The van der Waals surface area contributed by atoms with Crippen molar-refractivity contribution in [3.05, 3.63) is 38.3 Å². The van der Waals surface area contributed by atoms with Crippen LogP contribution in [0.4, 0.5) is 5.69 Å². The molecule has 0 atom stereocenters. The molecule has 12 heavy (non-hydrogen) atoms. The summed E-state index contributed by atoms with van der Waals surface area (Å²) in [6.45, 7) is 1.90. The van der Waals surface area contributed by atoms with Gasteiger partial charge in [-0.2, -0.15) is 0 Å². The molecule has 0 radical (unpaired) electrons. The van der Waals surface area contributed by atoms with Crippen LogP contribution < -0.4 is 0 Å². The second-order valence-corrected chi connectivity index (χ2v) is 3.30. The number of aryl methyl sites for hydroxylation is 1. The first kappa shape index (κ1) is 9.19. The summed E-state index contributed by atoms with van der Waals surface area (Å²) in [5, 5.41) is 10.5. The largest absolute Gasteiger partial charge is 0.273 e. The van der Waals surface area contributed by atoms with Crippen LogP contribution in [-0.2, 0) is 6.42 Å². The minimum Gasteiger partial charge on any atom is -0.258 e. The standard InChI is InChI=1S/C8H8BrNO2/c1-2-6-3-4-7(9)5-8(6)10(11)12/h3-5H,2H2,1H3. The molecular weight excluding hydrogens is 222 g/mol. The van der Waals surface area contributed by atoms with Gasteiger partial charge in [-0.1, -0.05) is 28.9 Å². The number of hydrogen-bond acceptors (Lipinski definition) is 2. The Kier molecular flexibility index (Phi) is 2.81. The number of benzene rings is 1. The topological polar surface area (TPSA) is 43.1 Å². The molecule has 64 valence electrons. The molecule has 0 spiro atoms. The molecule has 0 bridgehead atoms. The van der Waals surface area contributed by atoms with Gasteiger partial charge < -0.3 is 0 Å². The number of rotatable bonds is 2. The van der Waals surface area contributed by atoms with Gasteiger partial charge in [0.1, 0.15) is 0 Å². The van der Waals surface area contributed by atoms with Crippen molar-refractivity contribution < 1.29 is 4.92 Å². The lowest BCUT2D eigenvalue weighted by molar-refractivity contribution is -0.385. The first-order chi connectivity index (χ1) is 5.65. The van der Waals surface area contributed by atoms with Gasteiger partial charge in [0.25, 0.3) is 5.69 Å². The molecule has 1 rings (SSSR count). The summed E-state index contributed by atoms with van der Waals surface area (Å²) in [7, 11) is 0. The zero-order valence-corrected chi connectivity index (χ0v) is 8.17. The molecule has 0 saturated heterocycles. The van der Waals surface area contributed by atoms with E-state index >= 15 is 0 Å². The molecule has 0 heterocycles. The second-order valence-electron chi connectivity index (χ2n) is 2.38. The maximum Gasteiger partial charge on any atom is 0.273 e. The van der Waals surface area contributed by atoms with Crippen LogP contribution in [0.1, 0.15) is 12.5 Å². The van der Waals surface area contributed by atoms with E-state index in [0.717, 1.165) is 10.0 Å². The number of halogens is 1. The van der Waals surface area contributed by atoms with E-state index in [4.69, 9.17) is 0 Å². The zero-order valence-electron chi connectivity index (χ0n) is 6.58. The molecule has 1 aromatic carbocycles. The molecule has 0 unspecified atom stereocenters. The van der Waals surface area contributed by atoms with Gasteiger partial charge in [-0.05, 0) is 12.5 Å². The van der Waals surface area contributed by atoms with Crippen LogP contribution in [0.2, 0.25) is 0 Å². The number of nitro groups is 1. The van der Waals surface area contributed by atoms with Gasteiger partial charge in [0.05, 0.1) is 4.92 Å². The van der Waals surface area contributed by atoms with E-state index in [2.05, 4.69) is 15.9 Å². The summed E-state index contributed by atoms with van der Waals surface area (Å²) in [6, 6.07) is 5.10. The van der Waals surface area contributed by atoms with Gasteiger partial charge >= 0.3 is 0 Å². The molecule has 0 aromatic heterocycles. The van der Waals surface area contributed by atoms with Gasteiger partial charge in [0.15, 0.2) is 0 Å². The third kappa shape index (κ3) is 1.82. The van der Waals surface area contributed by atoms with Crippen LogP contribution in [0.5, 0.6) is 0 Å². The van der Waals surface area contributed by atoms with Gasteiger partial charge in [0.2, 0.25) is 0 Å². The van der Waals surface area contributed by atoms with Gasteiger partial charge in [-0.25, -0.2) is 0 Å². The average Bonchev–Trinajstić information content (AvgIpc) is 2.04. The molecular formula is C8H8BrNO2. The van der Waals surface area contributed by atoms with Crippen molar-refractivity contribution in [1.82, 2.24) is 0 Å². The smallest absolute Gasteiger partial charge is 0.258 e. The van der Waals surface area contributed by atoms with Gasteiger partial charge in [0, 0.05) is 16.1 Å². The predicted octanol–water partition coefficient (Wildman–Crippen LogP) is 2.92. The number of hydrogen-bond donors (Lipinski definition) is 0. The van der Waals surface area contributed by atoms with Crippen LogP contribution in [0.3, 0.4) is 0 Å². The summed E-state index contributed by atoms with van der Waals surface area (Å²) < 4.78 is 0.742. The van der Waals surface area contributed by atoms with Crippen molar-refractivity contribution >= 4 is 21.6 Å². The van der Waals surface area contributed by atoms with Crippen molar-refractivity contribution in [2.24, 2.45) is 0 Å². The van der Waals surface area contributed by atoms with Gasteiger partial charge in [-0.3, -0.25) is 10.1 Å². The Morgan fingerprint density at radius 3 is 2.75 bits per heavy atom. The number of nitrogens with zero attached hydrogens (tertiary/aromatic N) is 1. The molecule has 0 amide bonds. The molecule has 0 aliphatic heterocycles. The van der Waals surface area contributed by atoms with Crippen LogP contribution >= 0.6 is 15.9 Å². The normalized spacial score (nSPS) is 9.83. The lowest BCUT2D eigenvalue weighted by Crippen LogP contribution is -1.93. The molecule has 1 aromatic rings. The molecule has 4 heteroatoms. The fourth-order valence-electron chi connectivity index (χ4n) is 1.01. The van der Waals surface area contributed by atoms with E-state index in [1.807, 2.05) is 13.0 Å². The van der Waals surface area contributed by atoms with E-state index in [1.165, 1.54) is 6.07 Å². The summed E-state index contributed by atoms with van der Waals surface area (Å²) >= 11 is 3.19. The Labute approximate surface area is 78.7 Å². The molecule has 0 aliphatic carbocycles. The fourth-order valence-corrected chi connectivity index (χ4v) is 1.35. The monoisotopic (exact) mass is 229 g/mol. The summed E-state index contributed by atoms with van der Waals surface area (Å²) in [4.78, 5) is 10.2. The van der Waals surface area contributed by atoms with Crippen LogP contribution in [0, 0.1) is 10.1 Å². The lowest BCUT2D eigenvalue weighted by atomic mass is 10.1. The highest BCUT2D eigenvalue weighted by Gasteiger charge is 2.11. The van der Waals surface area contributed by atoms with E-state index in [0.29, 0.717) is 6.42 Å². The maximum absolute atomic E-state index is 10.5. The first-order valence-corrected chi connectivity index (χ1v) is 4.37. The highest BCUT2D eigenvalue weighted by molar-refractivity contribution is 9.10. The van der Waals surface area contributed by atoms with E-state index in [1.54, 1.807) is 6.07 Å². The Morgan fingerprint density at radius 2 is 2.25 bits per heavy atom. The summed E-state index contributed by atoms with van der Waals surface area (Å²) in [5.41, 5.74) is 0.954. The summed E-state index contributed by atoms with van der Waals surface area (Å²) in [6.07, 6.45) is 0.684. The third-order valence-electron chi connectivity index (χ3n) is 1.62. The Morgan fingerprint density at radius 1 is 1.58 bits per heavy atom. The van der Waals surface area contributed by atoms with Crippen molar-refractivity contribution in [3.8, 4) is 0 Å². The lowest BCUT2D eigenvalue weighted by Gasteiger charge is -1.98. The fraction of sp³-hybridized carbons (Fsp3) is 0.250. The van der Waals surface area contributed by atoms with Crippen LogP contribution in [-0.4, -0.2) is 4.92 Å². The minimum atomic E-state index is -0.358. The van der Waals surface area contributed by atoms with Crippen molar-refractivity contribution in [2.75, 3.05) is 0 Å². The molecule has 0 fully saturated rings. The van der Waals surface area contributed by atoms with Crippen molar-refractivity contribution in [2.45, 2.75) is 13.3 Å².